The molecule has 1 fully saturated rings. The van der Waals surface area contributed by atoms with Gasteiger partial charge in [-0.15, -0.1) is 0 Å². The van der Waals surface area contributed by atoms with Gasteiger partial charge in [0.2, 0.25) is 5.91 Å². The summed E-state index contributed by atoms with van der Waals surface area (Å²) in [5, 5.41) is 5.40. The summed E-state index contributed by atoms with van der Waals surface area (Å²) in [6.45, 7) is 2.44. The fourth-order valence-corrected chi connectivity index (χ4v) is 2.92. The zero-order chi connectivity index (χ0) is 18.4. The van der Waals surface area contributed by atoms with Crippen LogP contribution in [0.1, 0.15) is 48.0 Å². The molecule has 26 heavy (non-hydrogen) atoms. The van der Waals surface area contributed by atoms with Crippen LogP contribution in [0.2, 0.25) is 0 Å². The average Bonchev–Trinajstić information content (AvgIpc) is 2.61. The van der Waals surface area contributed by atoms with E-state index >= 15 is 0 Å². The highest BCUT2D eigenvalue weighted by Crippen LogP contribution is 2.36. The lowest BCUT2D eigenvalue weighted by Gasteiger charge is -2.25. The van der Waals surface area contributed by atoms with Crippen LogP contribution in [0, 0.1) is 0 Å². The van der Waals surface area contributed by atoms with Gasteiger partial charge in [-0.1, -0.05) is 18.6 Å². The topological polar surface area (TPSA) is 67.4 Å². The van der Waals surface area contributed by atoms with Gasteiger partial charge in [-0.3, -0.25) is 9.59 Å². The second kappa shape index (κ2) is 8.52. The average molecular weight is 352 g/mol. The summed E-state index contributed by atoms with van der Waals surface area (Å²) < 4.78 is 5.36. The molecule has 5 nitrogen and oxygen atoms in total. The van der Waals surface area contributed by atoms with Gasteiger partial charge in [-0.2, -0.15) is 0 Å². The predicted molar refractivity (Wildman–Crippen MR) is 102 cm³/mol. The summed E-state index contributed by atoms with van der Waals surface area (Å²) in [4.78, 5) is 24.2. The highest BCUT2D eigenvalue weighted by atomic mass is 16.5. The molecule has 2 amide bonds. The summed E-state index contributed by atoms with van der Waals surface area (Å²) in [6, 6.07) is 14.8. The van der Waals surface area contributed by atoms with Crippen LogP contribution in [0.15, 0.2) is 48.5 Å². The van der Waals surface area contributed by atoms with Gasteiger partial charge in [0, 0.05) is 11.3 Å². The van der Waals surface area contributed by atoms with Crippen molar-refractivity contribution in [2.24, 2.45) is 0 Å². The van der Waals surface area contributed by atoms with E-state index in [-0.39, 0.29) is 18.4 Å². The summed E-state index contributed by atoms with van der Waals surface area (Å²) >= 11 is 0. The van der Waals surface area contributed by atoms with Gasteiger partial charge in [0.05, 0.1) is 13.2 Å². The molecule has 0 aliphatic heterocycles. The number of benzene rings is 2. The van der Waals surface area contributed by atoms with Crippen LogP contribution >= 0.6 is 0 Å². The van der Waals surface area contributed by atoms with Crippen molar-refractivity contribution in [3.8, 4) is 5.75 Å². The Morgan fingerprint density at radius 1 is 1.04 bits per heavy atom. The van der Waals surface area contributed by atoms with E-state index < -0.39 is 0 Å². The molecule has 0 atom stereocenters. The molecule has 1 aliphatic carbocycles. The monoisotopic (exact) mass is 352 g/mol. The Kier molecular flexibility index (Phi) is 5.89. The SMILES string of the molecule is CCOc1ccc(NC(=O)CNC(=O)c2ccc(C3CCC3)cc2)cc1. The molecule has 0 saturated heterocycles. The fraction of sp³-hybridized carbons (Fsp3) is 0.333. The maximum absolute atomic E-state index is 12.2. The lowest BCUT2D eigenvalue weighted by Crippen LogP contribution is -2.32. The van der Waals surface area contributed by atoms with Crippen molar-refractivity contribution in [1.82, 2.24) is 5.32 Å². The minimum absolute atomic E-state index is 0.0730. The Labute approximate surface area is 153 Å². The third-order valence-electron chi connectivity index (χ3n) is 4.61. The molecule has 2 aromatic rings. The molecular weight excluding hydrogens is 328 g/mol. The highest BCUT2D eigenvalue weighted by molar-refractivity contribution is 5.99. The molecule has 0 spiro atoms. The van der Waals surface area contributed by atoms with Gasteiger partial charge in [-0.05, 0) is 67.6 Å². The van der Waals surface area contributed by atoms with E-state index in [0.29, 0.717) is 23.8 Å². The lowest BCUT2D eigenvalue weighted by atomic mass is 9.80. The van der Waals surface area contributed by atoms with Crippen molar-refractivity contribution in [1.29, 1.82) is 0 Å². The zero-order valence-corrected chi connectivity index (χ0v) is 15.0. The third kappa shape index (κ3) is 4.63. The summed E-state index contributed by atoms with van der Waals surface area (Å²) in [5.74, 6) is 0.886. The number of carbonyl (C=O) groups is 2. The smallest absolute Gasteiger partial charge is 0.251 e. The van der Waals surface area contributed by atoms with Gasteiger partial charge in [0.1, 0.15) is 5.75 Å². The third-order valence-corrected chi connectivity index (χ3v) is 4.61. The van der Waals surface area contributed by atoms with Crippen molar-refractivity contribution in [2.45, 2.75) is 32.1 Å². The first-order chi connectivity index (χ1) is 12.7. The number of amides is 2. The van der Waals surface area contributed by atoms with E-state index in [1.165, 1.54) is 24.8 Å². The normalized spacial score (nSPS) is 13.6. The molecule has 1 aliphatic rings. The molecule has 0 aromatic heterocycles. The summed E-state index contributed by atoms with van der Waals surface area (Å²) in [5.41, 5.74) is 2.53. The number of hydrogen-bond donors (Lipinski definition) is 2. The largest absolute Gasteiger partial charge is 0.494 e. The zero-order valence-electron chi connectivity index (χ0n) is 15.0. The molecule has 3 rings (SSSR count). The standard InChI is InChI=1S/C21H24N2O3/c1-2-26-19-12-10-18(11-13-19)23-20(24)14-22-21(25)17-8-6-16(7-9-17)15-4-3-5-15/h6-13,15H,2-5,14H2,1H3,(H,22,25)(H,23,24). The van der Waals surface area contributed by atoms with Crippen LogP contribution in [-0.4, -0.2) is 25.0 Å². The second-order valence-electron chi connectivity index (χ2n) is 6.44. The summed E-state index contributed by atoms with van der Waals surface area (Å²) in [6.07, 6.45) is 3.75. The highest BCUT2D eigenvalue weighted by Gasteiger charge is 2.19. The molecule has 1 saturated carbocycles. The maximum atomic E-state index is 12.2. The van der Waals surface area contributed by atoms with Crippen LogP contribution in [0.4, 0.5) is 5.69 Å². The molecule has 2 N–H and O–H groups in total. The van der Waals surface area contributed by atoms with Crippen molar-refractivity contribution in [3.05, 3.63) is 59.7 Å². The van der Waals surface area contributed by atoms with Crippen LogP contribution in [0.3, 0.4) is 0 Å². The number of hydrogen-bond acceptors (Lipinski definition) is 3. The molecule has 0 bridgehead atoms. The fourth-order valence-electron chi connectivity index (χ4n) is 2.92. The van der Waals surface area contributed by atoms with Gasteiger partial charge in [0.15, 0.2) is 0 Å². The molecule has 136 valence electrons. The van der Waals surface area contributed by atoms with E-state index in [2.05, 4.69) is 10.6 Å². The minimum atomic E-state index is -0.270. The lowest BCUT2D eigenvalue weighted by molar-refractivity contribution is -0.115. The molecule has 0 radical (unpaired) electrons. The quantitative estimate of drug-likeness (QED) is 0.798. The van der Waals surface area contributed by atoms with Gasteiger partial charge in [-0.25, -0.2) is 0 Å². The van der Waals surface area contributed by atoms with E-state index in [1.54, 1.807) is 24.3 Å². The summed E-state index contributed by atoms with van der Waals surface area (Å²) in [7, 11) is 0. The van der Waals surface area contributed by atoms with Crippen LogP contribution in [0.5, 0.6) is 5.75 Å². The molecule has 2 aromatic carbocycles. The van der Waals surface area contributed by atoms with E-state index in [9.17, 15) is 9.59 Å². The minimum Gasteiger partial charge on any atom is -0.494 e. The van der Waals surface area contributed by atoms with Crippen molar-refractivity contribution in [3.63, 3.8) is 0 Å². The molecule has 5 heteroatoms. The van der Waals surface area contributed by atoms with Crippen LogP contribution in [0.25, 0.3) is 0 Å². The van der Waals surface area contributed by atoms with Crippen molar-refractivity contribution in [2.75, 3.05) is 18.5 Å². The second-order valence-corrected chi connectivity index (χ2v) is 6.44. The number of rotatable bonds is 7. The Bertz CT molecular complexity index is 750. The Hall–Kier alpha value is -2.82. The molecular formula is C21H24N2O3. The van der Waals surface area contributed by atoms with Crippen LogP contribution in [-0.2, 0) is 4.79 Å². The van der Waals surface area contributed by atoms with Crippen molar-refractivity contribution < 1.29 is 14.3 Å². The van der Waals surface area contributed by atoms with Crippen molar-refractivity contribution >= 4 is 17.5 Å². The molecule has 0 unspecified atom stereocenters. The van der Waals surface area contributed by atoms with Gasteiger partial charge < -0.3 is 15.4 Å². The Morgan fingerprint density at radius 3 is 2.31 bits per heavy atom. The first kappa shape index (κ1) is 18.0. The first-order valence-electron chi connectivity index (χ1n) is 9.06. The maximum Gasteiger partial charge on any atom is 0.251 e. The first-order valence-corrected chi connectivity index (χ1v) is 9.06. The van der Waals surface area contributed by atoms with E-state index in [1.807, 2.05) is 31.2 Å². The number of ether oxygens (including phenoxy) is 1. The Morgan fingerprint density at radius 2 is 1.73 bits per heavy atom. The number of anilines is 1. The number of carbonyl (C=O) groups excluding carboxylic acids is 2. The van der Waals surface area contributed by atoms with Crippen LogP contribution < -0.4 is 15.4 Å². The van der Waals surface area contributed by atoms with E-state index in [4.69, 9.17) is 4.74 Å². The Balaban J connectivity index is 1.46. The van der Waals surface area contributed by atoms with Gasteiger partial charge >= 0.3 is 0 Å². The van der Waals surface area contributed by atoms with Gasteiger partial charge in [0.25, 0.3) is 5.91 Å². The van der Waals surface area contributed by atoms with E-state index in [0.717, 1.165) is 5.75 Å². The predicted octanol–water partition coefficient (Wildman–Crippen LogP) is 3.72. The molecule has 0 heterocycles. The number of nitrogens with one attached hydrogen (secondary N) is 2.